The molecule has 0 heterocycles. The van der Waals surface area contributed by atoms with Crippen LogP contribution in [0.5, 0.6) is 0 Å². The average molecular weight is 1390 g/mol. The molecule has 0 unspecified atom stereocenters. The van der Waals surface area contributed by atoms with Crippen LogP contribution in [0.2, 0.25) is 0 Å². The SMILES string of the molecule is CCCCCCCC(=O)O.CCCCCCCC(=O)O.CCCCCCCC(=O)O.CCCCCCCC(=O)O.CCCCCCCC(=O)O.CCCCCCCC(=O)O.CCCCCCCCCCCCCCCCOC(=O)CCCCCCC/C=C\C[C@H](O)CCCCCC. The molecule has 15 nitrogen and oxygen atoms in total. The third-order valence-corrected chi connectivity index (χ3v) is 16.4. The van der Waals surface area contributed by atoms with Gasteiger partial charge < -0.3 is 40.5 Å². The van der Waals surface area contributed by atoms with Crippen molar-refractivity contribution in [3.05, 3.63) is 12.2 Å². The Morgan fingerprint density at radius 3 is 0.680 bits per heavy atom. The van der Waals surface area contributed by atoms with Gasteiger partial charge in [0.25, 0.3) is 0 Å². The number of aliphatic carboxylic acids is 6. The van der Waals surface area contributed by atoms with Crippen molar-refractivity contribution in [1.82, 2.24) is 0 Å². The highest BCUT2D eigenvalue weighted by atomic mass is 16.5. The molecule has 0 aliphatic carbocycles. The van der Waals surface area contributed by atoms with Crippen molar-refractivity contribution >= 4 is 41.8 Å². The number of carbonyl (C=O) groups excluding carboxylic acids is 1. The molecule has 97 heavy (non-hydrogen) atoms. The molecule has 0 spiro atoms. The Morgan fingerprint density at radius 2 is 0.443 bits per heavy atom. The smallest absolute Gasteiger partial charge is 0.305 e. The monoisotopic (exact) mass is 1390 g/mol. The molecule has 0 aromatic rings. The quantitative estimate of drug-likeness (QED) is 0.0169. The van der Waals surface area contributed by atoms with E-state index in [0.29, 0.717) is 51.6 Å². The Labute approximate surface area is 597 Å². The molecular weight excluding hydrogens is 1220 g/mol. The maximum Gasteiger partial charge on any atom is 0.305 e. The summed E-state index contributed by atoms with van der Waals surface area (Å²) in [4.78, 5) is 72.1. The van der Waals surface area contributed by atoms with E-state index in [4.69, 9.17) is 35.4 Å². The molecule has 0 saturated heterocycles. The highest BCUT2D eigenvalue weighted by Crippen LogP contribution is 2.16. The molecule has 0 amide bonds. The molecule has 0 aromatic heterocycles. The van der Waals surface area contributed by atoms with E-state index in [0.717, 1.165) is 122 Å². The van der Waals surface area contributed by atoms with Crippen molar-refractivity contribution in [3.63, 3.8) is 0 Å². The van der Waals surface area contributed by atoms with Gasteiger partial charge in [0.2, 0.25) is 0 Å². The maximum absolute atomic E-state index is 11.9. The Morgan fingerprint density at radius 1 is 0.247 bits per heavy atom. The van der Waals surface area contributed by atoms with Gasteiger partial charge in [-0.3, -0.25) is 33.6 Å². The van der Waals surface area contributed by atoms with Gasteiger partial charge in [0.05, 0.1) is 12.7 Å². The predicted molar refractivity (Wildman–Crippen MR) is 408 cm³/mol. The number of unbranched alkanes of at least 4 members (excludes halogenated alkanes) is 45. The molecule has 0 aromatic carbocycles. The van der Waals surface area contributed by atoms with Crippen LogP contribution in [0.3, 0.4) is 0 Å². The van der Waals surface area contributed by atoms with Crippen LogP contribution in [0.15, 0.2) is 12.2 Å². The van der Waals surface area contributed by atoms with E-state index >= 15 is 0 Å². The van der Waals surface area contributed by atoms with Crippen molar-refractivity contribution in [3.8, 4) is 0 Å². The van der Waals surface area contributed by atoms with Gasteiger partial charge >= 0.3 is 41.8 Å². The summed E-state index contributed by atoms with van der Waals surface area (Å²) in [7, 11) is 0. The third kappa shape index (κ3) is 136. The molecule has 0 rings (SSSR count). The van der Waals surface area contributed by atoms with Crippen LogP contribution in [0, 0.1) is 0 Å². The number of carboxylic acid groups (broad SMARTS) is 6. The molecule has 1 atom stereocenters. The van der Waals surface area contributed by atoms with Crippen molar-refractivity contribution < 1.29 is 74.0 Å². The summed E-state index contributed by atoms with van der Waals surface area (Å²) >= 11 is 0. The second kappa shape index (κ2) is 101. The van der Waals surface area contributed by atoms with E-state index in [9.17, 15) is 38.7 Å². The zero-order valence-electron chi connectivity index (χ0n) is 64.9. The fourth-order valence-electron chi connectivity index (χ4n) is 10.2. The first-order valence-corrected chi connectivity index (χ1v) is 40.6. The normalized spacial score (nSPS) is 10.7. The first-order valence-electron chi connectivity index (χ1n) is 40.6. The van der Waals surface area contributed by atoms with E-state index in [1.54, 1.807) is 0 Å². The number of hydrogen-bond acceptors (Lipinski definition) is 9. The van der Waals surface area contributed by atoms with Crippen LogP contribution >= 0.6 is 0 Å². The van der Waals surface area contributed by atoms with Crippen LogP contribution in [0.4, 0.5) is 0 Å². The first-order chi connectivity index (χ1) is 46.8. The molecule has 7 N–H and O–H groups in total. The Hall–Kier alpha value is -4.01. The molecule has 0 bridgehead atoms. The van der Waals surface area contributed by atoms with E-state index in [1.165, 1.54) is 238 Å². The van der Waals surface area contributed by atoms with Gasteiger partial charge in [0, 0.05) is 44.9 Å². The van der Waals surface area contributed by atoms with E-state index in [2.05, 4.69) is 67.5 Å². The van der Waals surface area contributed by atoms with Gasteiger partial charge in [-0.05, 0) is 77.0 Å². The lowest BCUT2D eigenvalue weighted by Gasteiger charge is -2.07. The lowest BCUT2D eigenvalue weighted by atomic mass is 10.0. The molecule has 580 valence electrons. The highest BCUT2D eigenvalue weighted by molar-refractivity contribution is 5.69. The molecular formula is C82H162O15. The van der Waals surface area contributed by atoms with Gasteiger partial charge in [-0.15, -0.1) is 0 Å². The summed E-state index contributed by atoms with van der Waals surface area (Å²) in [5.41, 5.74) is 0. The third-order valence-electron chi connectivity index (χ3n) is 16.4. The maximum atomic E-state index is 11.9. The van der Waals surface area contributed by atoms with Crippen LogP contribution < -0.4 is 0 Å². The van der Waals surface area contributed by atoms with E-state index < -0.39 is 35.8 Å². The van der Waals surface area contributed by atoms with Crippen molar-refractivity contribution in [2.45, 2.75) is 466 Å². The van der Waals surface area contributed by atoms with Gasteiger partial charge in [-0.1, -0.05) is 350 Å². The molecule has 0 fully saturated rings. The summed E-state index contributed by atoms with van der Waals surface area (Å²) in [5, 5.41) is 59.6. The number of hydrogen-bond donors (Lipinski definition) is 7. The summed E-state index contributed by atoms with van der Waals surface area (Å²) in [6.07, 6.45) is 72.4. The fraction of sp³-hybridized carbons (Fsp3) is 0.890. The number of aliphatic hydroxyl groups excluding tert-OH is 1. The second-order valence-corrected chi connectivity index (χ2v) is 26.7. The van der Waals surface area contributed by atoms with Gasteiger partial charge in [-0.25, -0.2) is 0 Å². The summed E-state index contributed by atoms with van der Waals surface area (Å²) in [6, 6.07) is 0. The van der Waals surface area contributed by atoms with Crippen molar-refractivity contribution in [2.24, 2.45) is 0 Å². The molecule has 0 aliphatic heterocycles. The average Bonchev–Trinajstić information content (AvgIpc) is 3.67. The number of carbonyl (C=O) groups is 7. The van der Waals surface area contributed by atoms with E-state index in [-0.39, 0.29) is 12.1 Å². The standard InChI is InChI=1S/C34H66O3.6C8H16O2/c1-3-5-7-9-10-11-12-13-14-15-18-21-24-28-32-37-34(36)31-27-23-20-17-16-19-22-26-30-33(35)29-25-8-6-4-2;6*1-2-3-4-5-6-7-8(9)10/h22,26,33,35H,3-21,23-25,27-32H2,1-2H3;6*2-7H2,1H3,(H,9,10)/b26-22-;;;;;;/t33-;;;;;;/m1....../s1. The van der Waals surface area contributed by atoms with Crippen LogP contribution in [0.1, 0.15) is 460 Å². The number of carboxylic acids is 6. The van der Waals surface area contributed by atoms with Crippen LogP contribution in [-0.4, -0.2) is 90.2 Å². The summed E-state index contributed by atoms with van der Waals surface area (Å²) < 4.78 is 5.41. The second-order valence-electron chi connectivity index (χ2n) is 26.7. The Balaban J connectivity index is -0.000000220. The van der Waals surface area contributed by atoms with E-state index in [1.807, 2.05) is 0 Å². The number of aliphatic hydroxyl groups is 1. The predicted octanol–water partition coefficient (Wildman–Crippen LogP) is 25.6. The minimum Gasteiger partial charge on any atom is -0.481 e. The first kappa shape index (κ1) is 106. The zero-order valence-corrected chi connectivity index (χ0v) is 64.9. The van der Waals surface area contributed by atoms with Gasteiger partial charge in [0.1, 0.15) is 0 Å². The minimum absolute atomic E-state index is 0.00845. The Kier molecular flexibility index (Phi) is 110. The molecule has 0 aliphatic rings. The fourth-order valence-corrected chi connectivity index (χ4v) is 10.2. The summed E-state index contributed by atoms with van der Waals surface area (Å²) in [5.74, 6) is -4.03. The number of esters is 1. The van der Waals surface area contributed by atoms with Gasteiger partial charge in [0.15, 0.2) is 0 Å². The largest absolute Gasteiger partial charge is 0.481 e. The van der Waals surface area contributed by atoms with Crippen molar-refractivity contribution in [1.29, 1.82) is 0 Å². The molecule has 15 heteroatoms. The molecule has 0 saturated carbocycles. The van der Waals surface area contributed by atoms with Crippen LogP contribution in [0.25, 0.3) is 0 Å². The highest BCUT2D eigenvalue weighted by Gasteiger charge is 2.05. The minimum atomic E-state index is -0.670. The number of ether oxygens (including phenoxy) is 1. The van der Waals surface area contributed by atoms with Gasteiger partial charge in [-0.2, -0.15) is 0 Å². The number of allylic oxidation sites excluding steroid dienone is 1. The topological polar surface area (TPSA) is 270 Å². The summed E-state index contributed by atoms with van der Waals surface area (Å²) in [6.45, 7) is 18.0. The lowest BCUT2D eigenvalue weighted by Crippen LogP contribution is -2.05. The molecule has 0 radical (unpaired) electrons. The Bertz CT molecular complexity index is 1420. The van der Waals surface area contributed by atoms with Crippen LogP contribution in [-0.2, 0) is 38.3 Å². The number of rotatable bonds is 66. The van der Waals surface area contributed by atoms with Crippen molar-refractivity contribution in [2.75, 3.05) is 6.61 Å². The lowest BCUT2D eigenvalue weighted by molar-refractivity contribution is -0.144. The zero-order chi connectivity index (χ0) is 74.0.